The molecule has 1 amide bonds. The van der Waals surface area contributed by atoms with Crippen LogP contribution in [0, 0.1) is 5.82 Å². The Balaban J connectivity index is 2.21. The normalized spacial score (nSPS) is 14.9. The lowest BCUT2D eigenvalue weighted by molar-refractivity contribution is 0.159. The Bertz CT molecular complexity index is 1020. The number of aliphatic hydroxyl groups excluding tert-OH is 1. The number of carbonyl (C=O) groups is 1. The van der Waals surface area contributed by atoms with Crippen molar-refractivity contribution in [2.24, 2.45) is 0 Å². The zero-order chi connectivity index (χ0) is 22.5. The molecule has 0 fully saturated rings. The van der Waals surface area contributed by atoms with Crippen LogP contribution in [-0.4, -0.2) is 50.0 Å². The molecule has 1 aromatic carbocycles. The molecule has 164 valence electrons. The molecule has 0 bridgehead atoms. The first-order valence-electron chi connectivity index (χ1n) is 8.89. The summed E-state index contributed by atoms with van der Waals surface area (Å²) in [5.41, 5.74) is 0.291. The number of nitrogens with one attached hydrogen (secondary N) is 3. The van der Waals surface area contributed by atoms with Crippen LogP contribution in [0.1, 0.15) is 20.8 Å². The minimum atomic E-state index is -3.43. The molecule has 0 aliphatic rings. The Morgan fingerprint density at radius 2 is 2.13 bits per heavy atom. The number of aliphatic hydroxyl groups is 1. The van der Waals surface area contributed by atoms with Gasteiger partial charge in [-0.3, -0.25) is 0 Å². The van der Waals surface area contributed by atoms with Gasteiger partial charge < -0.3 is 20.5 Å². The highest BCUT2D eigenvalue weighted by Gasteiger charge is 2.18. The van der Waals surface area contributed by atoms with Crippen molar-refractivity contribution >= 4 is 55.1 Å². The summed E-state index contributed by atoms with van der Waals surface area (Å²) in [6.45, 7) is 5.10. The number of amides is 1. The van der Waals surface area contributed by atoms with Gasteiger partial charge in [0.2, 0.25) is 5.95 Å². The molecule has 3 atom stereocenters. The lowest BCUT2D eigenvalue weighted by atomic mass is 10.2. The second-order valence-electron chi connectivity index (χ2n) is 6.33. The predicted molar refractivity (Wildman–Crippen MR) is 118 cm³/mol. The first-order chi connectivity index (χ1) is 14.0. The fourth-order valence-electron chi connectivity index (χ4n) is 2.19. The SMILES string of the molecule is C=S(=O)(NC(=O)OCC)c1ccc(Nc2ncc(Br)c(N[C@H](C)[C@@H](C)O)n2)cc1F. The van der Waals surface area contributed by atoms with Gasteiger partial charge in [0.25, 0.3) is 0 Å². The third kappa shape index (κ3) is 6.28. The van der Waals surface area contributed by atoms with Crippen LogP contribution in [0.2, 0.25) is 0 Å². The van der Waals surface area contributed by atoms with E-state index in [0.29, 0.717) is 16.0 Å². The Hall–Kier alpha value is -2.44. The molecule has 1 heterocycles. The Labute approximate surface area is 182 Å². The van der Waals surface area contributed by atoms with Gasteiger partial charge in [-0.25, -0.2) is 23.1 Å². The molecule has 9 nitrogen and oxygen atoms in total. The van der Waals surface area contributed by atoms with Crippen molar-refractivity contribution in [1.29, 1.82) is 0 Å². The Morgan fingerprint density at radius 1 is 1.43 bits per heavy atom. The van der Waals surface area contributed by atoms with Crippen molar-refractivity contribution in [3.8, 4) is 0 Å². The molecule has 0 aliphatic heterocycles. The van der Waals surface area contributed by atoms with E-state index in [4.69, 9.17) is 0 Å². The van der Waals surface area contributed by atoms with E-state index in [2.05, 4.69) is 51.9 Å². The molecule has 0 spiro atoms. The van der Waals surface area contributed by atoms with E-state index < -0.39 is 27.7 Å². The zero-order valence-corrected chi connectivity index (χ0v) is 19.0. The van der Waals surface area contributed by atoms with Crippen LogP contribution in [0.25, 0.3) is 0 Å². The number of aromatic nitrogens is 2. The predicted octanol–water partition coefficient (Wildman–Crippen LogP) is 3.04. The number of rotatable bonds is 8. The molecule has 2 rings (SSSR count). The van der Waals surface area contributed by atoms with Gasteiger partial charge in [-0.2, -0.15) is 4.98 Å². The van der Waals surface area contributed by atoms with Gasteiger partial charge in [0.05, 0.1) is 37.8 Å². The van der Waals surface area contributed by atoms with Crippen LogP contribution in [0.5, 0.6) is 0 Å². The summed E-state index contributed by atoms with van der Waals surface area (Å²) in [5, 5.41) is 15.5. The van der Waals surface area contributed by atoms with Gasteiger partial charge in [-0.1, -0.05) is 0 Å². The Morgan fingerprint density at radius 3 is 2.73 bits per heavy atom. The van der Waals surface area contributed by atoms with Crippen molar-refractivity contribution in [2.75, 3.05) is 17.2 Å². The third-order valence-corrected chi connectivity index (χ3v) is 6.02. The van der Waals surface area contributed by atoms with Crippen LogP contribution in [0.3, 0.4) is 0 Å². The number of anilines is 3. The van der Waals surface area contributed by atoms with Gasteiger partial charge in [0, 0.05) is 11.9 Å². The van der Waals surface area contributed by atoms with E-state index >= 15 is 0 Å². The maximum Gasteiger partial charge on any atom is 0.418 e. The minimum Gasteiger partial charge on any atom is -0.449 e. The number of halogens is 2. The molecule has 30 heavy (non-hydrogen) atoms. The maximum absolute atomic E-state index is 14.5. The first-order valence-corrected chi connectivity index (χ1v) is 11.4. The summed E-state index contributed by atoms with van der Waals surface area (Å²) in [7, 11) is -3.43. The van der Waals surface area contributed by atoms with Crippen molar-refractivity contribution in [3.63, 3.8) is 0 Å². The summed E-state index contributed by atoms with van der Waals surface area (Å²) in [4.78, 5) is 19.6. The number of hydrogen-bond donors (Lipinski definition) is 4. The fraction of sp³-hybridized carbons (Fsp3) is 0.333. The second kappa shape index (κ2) is 10.0. The quantitative estimate of drug-likeness (QED) is 0.405. The molecule has 0 saturated heterocycles. The van der Waals surface area contributed by atoms with Crippen LogP contribution in [0.15, 0.2) is 33.8 Å². The number of hydrogen-bond acceptors (Lipinski definition) is 8. The van der Waals surface area contributed by atoms with Crippen molar-refractivity contribution in [2.45, 2.75) is 37.8 Å². The van der Waals surface area contributed by atoms with E-state index in [9.17, 15) is 18.5 Å². The number of ether oxygens (including phenoxy) is 1. The average molecular weight is 504 g/mol. The fourth-order valence-corrected chi connectivity index (χ4v) is 3.60. The first kappa shape index (κ1) is 23.8. The summed E-state index contributed by atoms with van der Waals surface area (Å²) >= 11 is 3.33. The summed E-state index contributed by atoms with van der Waals surface area (Å²) in [6.07, 6.45) is -0.0529. The number of carbonyl (C=O) groups excluding carboxylic acids is 1. The van der Waals surface area contributed by atoms with Crippen molar-refractivity contribution < 1.29 is 23.2 Å². The molecular formula is C18H23BrFN5O4S. The van der Waals surface area contributed by atoms with E-state index in [-0.39, 0.29) is 23.5 Å². The van der Waals surface area contributed by atoms with Gasteiger partial charge in [-0.15, -0.1) is 0 Å². The lowest BCUT2D eigenvalue weighted by Crippen LogP contribution is -2.31. The lowest BCUT2D eigenvalue weighted by Gasteiger charge is -2.18. The summed E-state index contributed by atoms with van der Waals surface area (Å²) in [6, 6.07) is 3.52. The topological polar surface area (TPSA) is 125 Å². The van der Waals surface area contributed by atoms with E-state index in [1.54, 1.807) is 20.8 Å². The highest BCUT2D eigenvalue weighted by molar-refractivity contribution is 9.10. The smallest absolute Gasteiger partial charge is 0.418 e. The largest absolute Gasteiger partial charge is 0.449 e. The summed E-state index contributed by atoms with van der Waals surface area (Å²) in [5.74, 6) is 3.17. The third-order valence-electron chi connectivity index (χ3n) is 3.90. The van der Waals surface area contributed by atoms with Gasteiger partial charge in [0.1, 0.15) is 11.6 Å². The molecule has 0 saturated carbocycles. The molecule has 1 aromatic heterocycles. The highest BCUT2D eigenvalue weighted by atomic mass is 79.9. The Kier molecular flexibility index (Phi) is 7.98. The molecule has 0 aliphatic carbocycles. The highest BCUT2D eigenvalue weighted by Crippen LogP contribution is 2.25. The van der Waals surface area contributed by atoms with Crippen LogP contribution >= 0.6 is 15.9 Å². The maximum atomic E-state index is 14.5. The van der Waals surface area contributed by atoms with E-state index in [1.807, 2.05) is 0 Å². The summed E-state index contributed by atoms with van der Waals surface area (Å²) < 4.78 is 34.4. The monoisotopic (exact) mass is 503 g/mol. The molecule has 0 radical (unpaired) electrons. The zero-order valence-electron chi connectivity index (χ0n) is 16.6. The molecule has 2 aromatic rings. The molecule has 1 unspecified atom stereocenters. The number of benzene rings is 1. The molecule has 4 N–H and O–H groups in total. The van der Waals surface area contributed by atoms with Gasteiger partial charge >= 0.3 is 6.09 Å². The standard InChI is InChI=1S/C18H23BrFN5O4S/c1-5-29-18(27)25-30(4,28)15-7-6-12(8-14(15)20)23-17-21-9-13(19)16(24-17)22-10(2)11(3)26/h6-11,26H,4-5H2,1-3H3,(H,25,27,28)(H2,21,22,23,24)/t10-,11-,30?/m1/s1. The van der Waals surface area contributed by atoms with Crippen LogP contribution in [-0.2, 0) is 14.4 Å². The van der Waals surface area contributed by atoms with Crippen LogP contribution < -0.4 is 15.4 Å². The minimum absolute atomic E-state index is 0.0761. The molecular weight excluding hydrogens is 481 g/mol. The number of nitrogens with zero attached hydrogens (tertiary/aromatic N) is 2. The van der Waals surface area contributed by atoms with E-state index in [0.717, 1.165) is 6.07 Å². The van der Waals surface area contributed by atoms with E-state index in [1.165, 1.54) is 18.3 Å². The van der Waals surface area contributed by atoms with Crippen molar-refractivity contribution in [1.82, 2.24) is 14.7 Å². The average Bonchev–Trinajstić information content (AvgIpc) is 2.63. The molecule has 12 heteroatoms. The van der Waals surface area contributed by atoms with Crippen LogP contribution in [0.4, 0.5) is 26.6 Å². The van der Waals surface area contributed by atoms with Gasteiger partial charge in [-0.05, 0) is 60.8 Å². The van der Waals surface area contributed by atoms with Crippen molar-refractivity contribution in [3.05, 3.63) is 34.7 Å². The van der Waals surface area contributed by atoms with Gasteiger partial charge in [0.15, 0.2) is 0 Å². The second-order valence-corrected chi connectivity index (χ2v) is 9.18.